The highest BCUT2D eigenvalue weighted by Crippen LogP contribution is 2.27. The summed E-state index contributed by atoms with van der Waals surface area (Å²) >= 11 is 0. The molecule has 6 nitrogen and oxygen atoms in total. The van der Waals surface area contributed by atoms with Gasteiger partial charge in [-0.3, -0.25) is 4.79 Å². The molecule has 0 saturated heterocycles. The second kappa shape index (κ2) is 5.94. The van der Waals surface area contributed by atoms with Crippen molar-refractivity contribution in [3.05, 3.63) is 60.2 Å². The maximum atomic E-state index is 12.1. The van der Waals surface area contributed by atoms with Gasteiger partial charge in [0, 0.05) is 5.56 Å². The molecule has 2 aromatic rings. The summed E-state index contributed by atoms with van der Waals surface area (Å²) in [5.74, 6) is -1.14. The Hall–Kier alpha value is -2.38. The quantitative estimate of drug-likeness (QED) is 0.801. The fourth-order valence-corrected chi connectivity index (χ4v) is 2.66. The number of amides is 1. The first-order valence-corrected chi connectivity index (χ1v) is 7.38. The fraction of sp³-hybridized carbons (Fsp3) is 0.0714. The molecule has 0 radical (unpaired) electrons. The van der Waals surface area contributed by atoms with Crippen molar-refractivity contribution < 1.29 is 22.5 Å². The average Bonchev–Trinajstić information content (AvgIpc) is 2.47. The smallest absolute Gasteiger partial charge is 0.339 e. The molecule has 0 aliphatic rings. The van der Waals surface area contributed by atoms with Crippen molar-refractivity contribution in [3.8, 4) is 5.75 Å². The molecule has 0 heterocycles. The Kier molecular flexibility index (Phi) is 4.25. The molecule has 0 aliphatic carbocycles. The summed E-state index contributed by atoms with van der Waals surface area (Å²) in [7, 11) is -4.06. The molecule has 1 atom stereocenters. The molecule has 3 N–H and O–H groups in total. The zero-order chi connectivity index (χ0) is 15.5. The lowest BCUT2D eigenvalue weighted by molar-refractivity contribution is -0.126. The lowest BCUT2D eigenvalue weighted by atomic mass is 10.1. The van der Waals surface area contributed by atoms with E-state index in [1.807, 2.05) is 0 Å². The van der Waals surface area contributed by atoms with E-state index in [2.05, 4.69) is 0 Å². The van der Waals surface area contributed by atoms with Crippen molar-refractivity contribution in [2.75, 3.05) is 0 Å². The third kappa shape index (κ3) is 3.39. The van der Waals surface area contributed by atoms with Gasteiger partial charge in [-0.1, -0.05) is 36.4 Å². The van der Waals surface area contributed by atoms with E-state index in [0.717, 1.165) is 0 Å². The maximum Gasteiger partial charge on any atom is 0.339 e. The minimum absolute atomic E-state index is 0.00972. The monoisotopic (exact) mass is 307 g/mol. The van der Waals surface area contributed by atoms with Crippen LogP contribution in [0.5, 0.6) is 5.75 Å². The standard InChI is InChI=1S/C14H13NO5S/c15-14(17)13(16)11-8-4-5-9-12(11)20-21(18,19)10-6-2-1-3-7-10/h1-9,13,16H,(H2,15,17). The molecule has 0 saturated carbocycles. The highest BCUT2D eigenvalue weighted by Gasteiger charge is 2.23. The molecule has 0 spiro atoms. The van der Waals surface area contributed by atoms with Crippen LogP contribution in [0.2, 0.25) is 0 Å². The van der Waals surface area contributed by atoms with Crippen LogP contribution in [0.15, 0.2) is 59.5 Å². The predicted octanol–water partition coefficient (Wildman–Crippen LogP) is 0.973. The van der Waals surface area contributed by atoms with Gasteiger partial charge in [0.2, 0.25) is 0 Å². The Morgan fingerprint density at radius 3 is 2.24 bits per heavy atom. The van der Waals surface area contributed by atoms with Crippen LogP contribution < -0.4 is 9.92 Å². The third-order valence-corrected chi connectivity index (χ3v) is 3.96. The van der Waals surface area contributed by atoms with Crippen LogP contribution in [0.4, 0.5) is 0 Å². The first kappa shape index (κ1) is 15.0. The Labute approximate surface area is 121 Å². The largest absolute Gasteiger partial charge is 0.379 e. The van der Waals surface area contributed by atoms with Crippen LogP contribution in [0.1, 0.15) is 11.7 Å². The van der Waals surface area contributed by atoms with Gasteiger partial charge in [-0.15, -0.1) is 0 Å². The number of para-hydroxylation sites is 1. The van der Waals surface area contributed by atoms with Crippen LogP contribution in [-0.2, 0) is 14.9 Å². The molecule has 0 aromatic heterocycles. The van der Waals surface area contributed by atoms with Gasteiger partial charge < -0.3 is 15.0 Å². The highest BCUT2D eigenvalue weighted by molar-refractivity contribution is 7.87. The van der Waals surface area contributed by atoms with Crippen molar-refractivity contribution in [2.24, 2.45) is 5.73 Å². The molecule has 0 fully saturated rings. The maximum absolute atomic E-state index is 12.1. The number of hydrogen-bond donors (Lipinski definition) is 2. The van der Waals surface area contributed by atoms with Crippen LogP contribution in [0, 0.1) is 0 Å². The van der Waals surface area contributed by atoms with Gasteiger partial charge in [-0.2, -0.15) is 8.42 Å². The SMILES string of the molecule is NC(=O)C(O)c1ccccc1OS(=O)(=O)c1ccccc1. The van der Waals surface area contributed by atoms with E-state index in [9.17, 15) is 18.3 Å². The number of carbonyl (C=O) groups is 1. The van der Waals surface area contributed by atoms with Gasteiger partial charge in [-0.05, 0) is 18.2 Å². The molecule has 1 amide bonds. The summed E-state index contributed by atoms with van der Waals surface area (Å²) in [5.41, 5.74) is 5.01. The number of nitrogens with two attached hydrogens (primary N) is 1. The van der Waals surface area contributed by atoms with Crippen molar-refractivity contribution >= 4 is 16.0 Å². The molecular weight excluding hydrogens is 294 g/mol. The number of primary amides is 1. The molecular formula is C14H13NO5S. The van der Waals surface area contributed by atoms with Gasteiger partial charge in [0.05, 0.1) is 0 Å². The molecule has 2 aromatic carbocycles. The topological polar surface area (TPSA) is 107 Å². The zero-order valence-electron chi connectivity index (χ0n) is 10.8. The number of aliphatic hydroxyl groups excluding tert-OH is 1. The van der Waals surface area contributed by atoms with E-state index in [0.29, 0.717) is 0 Å². The molecule has 7 heteroatoms. The van der Waals surface area contributed by atoms with E-state index in [1.165, 1.54) is 36.4 Å². The zero-order valence-corrected chi connectivity index (χ0v) is 11.7. The molecule has 2 rings (SSSR count). The number of rotatable bonds is 5. The number of benzene rings is 2. The second-order valence-electron chi connectivity index (χ2n) is 4.19. The Morgan fingerprint density at radius 1 is 1.05 bits per heavy atom. The molecule has 110 valence electrons. The predicted molar refractivity (Wildman–Crippen MR) is 74.9 cm³/mol. The number of aliphatic hydroxyl groups is 1. The average molecular weight is 307 g/mol. The minimum atomic E-state index is -4.06. The van der Waals surface area contributed by atoms with Crippen molar-refractivity contribution in [2.45, 2.75) is 11.0 Å². The summed E-state index contributed by atoms with van der Waals surface area (Å²) in [6.07, 6.45) is -1.65. The van der Waals surface area contributed by atoms with Crippen molar-refractivity contribution in [1.29, 1.82) is 0 Å². The van der Waals surface area contributed by atoms with E-state index >= 15 is 0 Å². The molecule has 21 heavy (non-hydrogen) atoms. The Balaban J connectivity index is 2.39. The highest BCUT2D eigenvalue weighted by atomic mass is 32.2. The summed E-state index contributed by atoms with van der Waals surface area (Å²) in [4.78, 5) is 11.0. The molecule has 0 aliphatic heterocycles. The van der Waals surface area contributed by atoms with Gasteiger partial charge in [0.25, 0.3) is 5.91 Å². The minimum Gasteiger partial charge on any atom is -0.379 e. The van der Waals surface area contributed by atoms with Gasteiger partial charge in [0.1, 0.15) is 10.6 Å². The Bertz CT molecular complexity index is 743. The summed E-state index contributed by atoms with van der Waals surface area (Å²) < 4.78 is 29.2. The van der Waals surface area contributed by atoms with Crippen molar-refractivity contribution in [3.63, 3.8) is 0 Å². The van der Waals surface area contributed by atoms with Crippen LogP contribution in [0.25, 0.3) is 0 Å². The van der Waals surface area contributed by atoms with Crippen LogP contribution in [0.3, 0.4) is 0 Å². The molecule has 0 bridgehead atoms. The van der Waals surface area contributed by atoms with Gasteiger partial charge >= 0.3 is 10.1 Å². The van der Waals surface area contributed by atoms with E-state index in [1.54, 1.807) is 18.2 Å². The normalized spacial score (nSPS) is 12.6. The van der Waals surface area contributed by atoms with E-state index in [4.69, 9.17) is 9.92 Å². The fourth-order valence-electron chi connectivity index (χ4n) is 1.69. The second-order valence-corrected chi connectivity index (χ2v) is 5.74. The lowest BCUT2D eigenvalue weighted by Gasteiger charge is -2.13. The van der Waals surface area contributed by atoms with E-state index in [-0.39, 0.29) is 16.2 Å². The summed E-state index contributed by atoms with van der Waals surface area (Å²) in [5, 5.41) is 9.70. The third-order valence-electron chi connectivity index (χ3n) is 2.71. The van der Waals surface area contributed by atoms with Crippen molar-refractivity contribution in [1.82, 2.24) is 0 Å². The van der Waals surface area contributed by atoms with E-state index < -0.39 is 22.1 Å². The lowest BCUT2D eigenvalue weighted by Crippen LogP contribution is -2.22. The van der Waals surface area contributed by atoms with Gasteiger partial charge in [0.15, 0.2) is 6.10 Å². The molecule has 1 unspecified atom stereocenters. The summed E-state index contributed by atoms with van der Waals surface area (Å²) in [6, 6.07) is 13.3. The van der Waals surface area contributed by atoms with Crippen LogP contribution in [-0.4, -0.2) is 19.4 Å². The summed E-state index contributed by atoms with van der Waals surface area (Å²) in [6.45, 7) is 0. The Morgan fingerprint density at radius 2 is 1.62 bits per heavy atom. The number of carbonyl (C=O) groups excluding carboxylic acids is 1. The first-order valence-electron chi connectivity index (χ1n) is 5.97. The first-order chi connectivity index (χ1) is 9.92. The number of hydrogen-bond acceptors (Lipinski definition) is 5. The van der Waals surface area contributed by atoms with Gasteiger partial charge in [-0.25, -0.2) is 0 Å². The van der Waals surface area contributed by atoms with Crippen LogP contribution >= 0.6 is 0 Å².